The number of carbonyl (C=O) groups is 1. The molecule has 1 aromatic carbocycles. The fraction of sp³-hybridized carbons (Fsp3) is 0.781. The predicted octanol–water partition coefficient (Wildman–Crippen LogP) is 9.86. The fourth-order valence-electron chi connectivity index (χ4n) is 6.66. The third-order valence-corrected chi connectivity index (χ3v) is 8.88. The maximum Gasteiger partial charge on any atom is 0.338 e. The molecule has 34 heavy (non-hydrogen) atoms. The van der Waals surface area contributed by atoms with E-state index in [4.69, 9.17) is 4.74 Å². The lowest BCUT2D eigenvalue weighted by molar-refractivity contribution is 0.0497. The molecule has 0 atom stereocenters. The molecule has 0 N–H and O–H groups in total. The molecule has 0 bridgehead atoms. The van der Waals surface area contributed by atoms with Gasteiger partial charge < -0.3 is 4.74 Å². The second kappa shape index (κ2) is 15.6. The van der Waals surface area contributed by atoms with Crippen molar-refractivity contribution in [2.24, 2.45) is 17.8 Å². The largest absolute Gasteiger partial charge is 0.462 e. The zero-order valence-corrected chi connectivity index (χ0v) is 22.4. The van der Waals surface area contributed by atoms with Crippen LogP contribution in [0.5, 0.6) is 0 Å². The van der Waals surface area contributed by atoms with Crippen LogP contribution in [-0.2, 0) is 4.74 Å². The Hall–Kier alpha value is -1.31. The molecule has 2 nitrogen and oxygen atoms in total. The van der Waals surface area contributed by atoms with Gasteiger partial charge in [-0.2, -0.15) is 0 Å². The van der Waals surface area contributed by atoms with Crippen LogP contribution < -0.4 is 0 Å². The van der Waals surface area contributed by atoms with Crippen LogP contribution in [0.3, 0.4) is 0 Å². The molecule has 2 heteroatoms. The SMILES string of the molecule is CCCCCCCCCCOC(=O)c1ccc(C2CCC(C3CCC(CCC)CC3)CC2)cc1. The van der Waals surface area contributed by atoms with Gasteiger partial charge in [0.2, 0.25) is 0 Å². The summed E-state index contributed by atoms with van der Waals surface area (Å²) in [5, 5.41) is 0. The van der Waals surface area contributed by atoms with Gasteiger partial charge >= 0.3 is 5.97 Å². The lowest BCUT2D eigenvalue weighted by Gasteiger charge is -2.38. The number of esters is 1. The average Bonchev–Trinajstić information content (AvgIpc) is 2.88. The van der Waals surface area contributed by atoms with Crippen molar-refractivity contribution in [1.29, 1.82) is 0 Å². The third kappa shape index (κ3) is 9.04. The fourth-order valence-corrected chi connectivity index (χ4v) is 6.66. The van der Waals surface area contributed by atoms with E-state index in [1.54, 1.807) is 0 Å². The van der Waals surface area contributed by atoms with Crippen LogP contribution in [0.4, 0.5) is 0 Å². The first-order chi connectivity index (χ1) is 16.7. The van der Waals surface area contributed by atoms with Gasteiger partial charge in [-0.25, -0.2) is 4.79 Å². The quantitative estimate of drug-likeness (QED) is 0.200. The van der Waals surface area contributed by atoms with Crippen LogP contribution in [0.1, 0.15) is 151 Å². The van der Waals surface area contributed by atoms with E-state index in [9.17, 15) is 4.79 Å². The van der Waals surface area contributed by atoms with Crippen molar-refractivity contribution in [3.8, 4) is 0 Å². The molecule has 0 aromatic heterocycles. The van der Waals surface area contributed by atoms with Gasteiger partial charge in [-0.3, -0.25) is 0 Å². The van der Waals surface area contributed by atoms with Crippen molar-refractivity contribution in [2.45, 2.75) is 135 Å². The van der Waals surface area contributed by atoms with Gasteiger partial charge in [0.15, 0.2) is 0 Å². The normalized spacial score (nSPS) is 25.2. The Morgan fingerprint density at radius 2 is 1.26 bits per heavy atom. The van der Waals surface area contributed by atoms with Crippen LogP contribution >= 0.6 is 0 Å². The maximum atomic E-state index is 12.4. The number of carbonyl (C=O) groups excluding carboxylic acids is 1. The number of benzene rings is 1. The topological polar surface area (TPSA) is 26.3 Å². The van der Waals surface area contributed by atoms with Gasteiger partial charge in [0.25, 0.3) is 0 Å². The summed E-state index contributed by atoms with van der Waals surface area (Å²) < 4.78 is 5.52. The number of rotatable bonds is 14. The second-order valence-corrected chi connectivity index (χ2v) is 11.4. The van der Waals surface area contributed by atoms with Crippen molar-refractivity contribution >= 4 is 5.97 Å². The summed E-state index contributed by atoms with van der Waals surface area (Å²) in [6, 6.07) is 8.36. The van der Waals surface area contributed by atoms with Gasteiger partial charge in [0, 0.05) is 0 Å². The molecular formula is C32H52O2. The van der Waals surface area contributed by atoms with Crippen LogP contribution in [0.2, 0.25) is 0 Å². The predicted molar refractivity (Wildman–Crippen MR) is 144 cm³/mol. The van der Waals surface area contributed by atoms with Crippen molar-refractivity contribution in [3.63, 3.8) is 0 Å². The molecule has 0 unspecified atom stereocenters. The highest BCUT2D eigenvalue weighted by Gasteiger charge is 2.31. The summed E-state index contributed by atoms with van der Waals surface area (Å²) in [7, 11) is 0. The molecule has 192 valence electrons. The van der Waals surface area contributed by atoms with Crippen molar-refractivity contribution in [2.75, 3.05) is 6.61 Å². The first kappa shape index (κ1) is 27.3. The summed E-state index contributed by atoms with van der Waals surface area (Å²) in [6.07, 6.45) is 24.3. The molecule has 2 saturated carbocycles. The van der Waals surface area contributed by atoms with Crippen LogP contribution in [0, 0.1) is 17.8 Å². The standard InChI is InChI=1S/C32H52O2/c1-3-5-6-7-8-9-10-11-25-34-32(33)31-23-21-30(22-24-31)29-19-17-28(18-20-29)27-15-13-26(12-4-2)14-16-27/h21-24,26-29H,3-20,25H2,1-2H3. The lowest BCUT2D eigenvalue weighted by atomic mass is 9.68. The first-order valence-electron chi connectivity index (χ1n) is 15.0. The summed E-state index contributed by atoms with van der Waals surface area (Å²) in [5.41, 5.74) is 2.13. The van der Waals surface area contributed by atoms with Crippen LogP contribution in [0.15, 0.2) is 24.3 Å². The lowest BCUT2D eigenvalue weighted by Crippen LogP contribution is -2.25. The van der Waals surface area contributed by atoms with E-state index < -0.39 is 0 Å². The summed E-state index contributed by atoms with van der Waals surface area (Å²) in [5.74, 6) is 3.49. The minimum atomic E-state index is -0.156. The Labute approximate surface area is 210 Å². The zero-order chi connectivity index (χ0) is 24.0. The highest BCUT2D eigenvalue weighted by atomic mass is 16.5. The van der Waals surface area contributed by atoms with E-state index in [1.807, 2.05) is 12.1 Å². The molecule has 0 heterocycles. The number of hydrogen-bond acceptors (Lipinski definition) is 2. The summed E-state index contributed by atoms with van der Waals surface area (Å²) in [4.78, 5) is 12.4. The summed E-state index contributed by atoms with van der Waals surface area (Å²) >= 11 is 0. The van der Waals surface area contributed by atoms with E-state index in [2.05, 4.69) is 26.0 Å². The number of hydrogen-bond donors (Lipinski definition) is 0. The number of unbranched alkanes of at least 4 members (excludes halogenated alkanes) is 7. The van der Waals surface area contributed by atoms with Crippen molar-refractivity contribution in [1.82, 2.24) is 0 Å². The van der Waals surface area contributed by atoms with Crippen molar-refractivity contribution in [3.05, 3.63) is 35.4 Å². The Kier molecular flexibility index (Phi) is 12.5. The van der Waals surface area contributed by atoms with E-state index >= 15 is 0 Å². The maximum absolute atomic E-state index is 12.4. The molecule has 0 aliphatic heterocycles. The molecule has 2 aliphatic carbocycles. The molecule has 0 amide bonds. The van der Waals surface area contributed by atoms with E-state index in [-0.39, 0.29) is 5.97 Å². The van der Waals surface area contributed by atoms with E-state index in [0.717, 1.165) is 24.2 Å². The highest BCUT2D eigenvalue weighted by molar-refractivity contribution is 5.89. The molecule has 0 radical (unpaired) electrons. The third-order valence-electron chi connectivity index (χ3n) is 8.88. The Balaban J connectivity index is 1.30. The van der Waals surface area contributed by atoms with Gasteiger partial charge in [0.05, 0.1) is 12.2 Å². The monoisotopic (exact) mass is 468 g/mol. The van der Waals surface area contributed by atoms with Gasteiger partial charge in [-0.15, -0.1) is 0 Å². The molecule has 0 spiro atoms. The second-order valence-electron chi connectivity index (χ2n) is 11.4. The minimum absolute atomic E-state index is 0.156. The molecule has 2 aliphatic rings. The van der Waals surface area contributed by atoms with Crippen molar-refractivity contribution < 1.29 is 9.53 Å². The van der Waals surface area contributed by atoms with Gasteiger partial charge in [-0.1, -0.05) is 96.6 Å². The highest BCUT2D eigenvalue weighted by Crippen LogP contribution is 2.44. The molecule has 0 saturated heterocycles. The molecular weight excluding hydrogens is 416 g/mol. The Morgan fingerprint density at radius 3 is 1.85 bits per heavy atom. The minimum Gasteiger partial charge on any atom is -0.462 e. The molecule has 3 rings (SSSR count). The van der Waals surface area contributed by atoms with E-state index in [1.165, 1.54) is 115 Å². The molecule has 1 aromatic rings. The zero-order valence-electron chi connectivity index (χ0n) is 22.4. The Bertz CT molecular complexity index is 663. The van der Waals surface area contributed by atoms with Crippen LogP contribution in [0.25, 0.3) is 0 Å². The van der Waals surface area contributed by atoms with E-state index in [0.29, 0.717) is 18.1 Å². The first-order valence-corrected chi connectivity index (χ1v) is 15.0. The number of ether oxygens (including phenoxy) is 1. The Morgan fingerprint density at radius 1 is 0.706 bits per heavy atom. The smallest absolute Gasteiger partial charge is 0.338 e. The average molecular weight is 469 g/mol. The summed E-state index contributed by atoms with van der Waals surface area (Å²) in [6.45, 7) is 5.15. The molecule has 2 fully saturated rings. The van der Waals surface area contributed by atoms with Gasteiger partial charge in [0.1, 0.15) is 0 Å². The van der Waals surface area contributed by atoms with Gasteiger partial charge in [-0.05, 0) is 86.3 Å². The van der Waals surface area contributed by atoms with Crippen LogP contribution in [-0.4, -0.2) is 12.6 Å².